The van der Waals surface area contributed by atoms with Crippen LogP contribution >= 0.6 is 0 Å². The van der Waals surface area contributed by atoms with E-state index in [2.05, 4.69) is 9.72 Å². The van der Waals surface area contributed by atoms with Gasteiger partial charge in [0.25, 0.3) is 5.56 Å². The van der Waals surface area contributed by atoms with E-state index in [0.29, 0.717) is 39.1 Å². The number of aromatic nitrogens is 2. The molecule has 0 fully saturated rings. The Kier molecular flexibility index (Phi) is 7.96. The lowest BCUT2D eigenvalue weighted by Gasteiger charge is -2.19. The van der Waals surface area contributed by atoms with Crippen molar-refractivity contribution in [2.45, 2.75) is 47.4 Å². The summed E-state index contributed by atoms with van der Waals surface area (Å²) < 4.78 is 20.6. The Morgan fingerprint density at radius 1 is 1.25 bits per heavy atom. The van der Waals surface area contributed by atoms with Gasteiger partial charge in [-0.1, -0.05) is 13.8 Å². The number of benzene rings is 1. The fourth-order valence-corrected chi connectivity index (χ4v) is 4.19. The summed E-state index contributed by atoms with van der Waals surface area (Å²) in [7, 11) is 0. The van der Waals surface area contributed by atoms with Gasteiger partial charge in [0.05, 0.1) is 35.6 Å². The third-order valence-corrected chi connectivity index (χ3v) is 5.91. The van der Waals surface area contributed by atoms with E-state index < -0.39 is 12.0 Å². The van der Waals surface area contributed by atoms with Gasteiger partial charge < -0.3 is 30.9 Å². The number of hydrogen-bond donors (Lipinski definition) is 4. The van der Waals surface area contributed by atoms with Crippen molar-refractivity contribution in [3.8, 4) is 11.4 Å². The lowest BCUT2D eigenvalue weighted by atomic mass is 9.98. The second-order valence-corrected chi connectivity index (χ2v) is 8.25. The average Bonchev–Trinajstić information content (AvgIpc) is 3.19. The molecule has 0 aliphatic carbocycles. The highest BCUT2D eigenvalue weighted by atomic mass is 19.1. The summed E-state index contributed by atoms with van der Waals surface area (Å²) in [6, 6.07) is 4.83. The van der Waals surface area contributed by atoms with Crippen LogP contribution in [0, 0.1) is 19.7 Å². The van der Waals surface area contributed by atoms with Crippen LogP contribution in [0.5, 0.6) is 0 Å². The molecule has 4 rings (SSSR count). The van der Waals surface area contributed by atoms with Gasteiger partial charge >= 0.3 is 6.16 Å². The van der Waals surface area contributed by atoms with Crippen LogP contribution < -0.4 is 22.9 Å². The normalized spacial score (nSPS) is 12.0. The number of nitrogens with two attached hydrogens (primary N) is 3. The molecule has 0 saturated heterocycles. The van der Waals surface area contributed by atoms with Crippen LogP contribution in [-0.2, 0) is 24.4 Å². The molecule has 10 nitrogen and oxygen atoms in total. The van der Waals surface area contributed by atoms with E-state index >= 15 is 0 Å². The number of pyridine rings is 2. The Bertz CT molecular complexity index is 1420. The molecule has 0 amide bonds. The first-order valence-electron chi connectivity index (χ1n) is 11.5. The fraction of sp³-hybridized carbons (Fsp3) is 0.320. The molecule has 1 aliphatic rings. The number of halogens is 1. The van der Waals surface area contributed by atoms with Gasteiger partial charge in [-0.05, 0) is 42.7 Å². The van der Waals surface area contributed by atoms with E-state index in [9.17, 15) is 14.0 Å². The Balaban J connectivity index is 0.00000176. The predicted octanol–water partition coefficient (Wildman–Crippen LogP) is 2.84. The van der Waals surface area contributed by atoms with Gasteiger partial charge in [-0.15, -0.1) is 0 Å². The smallest absolute Gasteiger partial charge is 0.450 e. The number of fused-ring (bicyclic) bond motifs is 4. The highest BCUT2D eigenvalue weighted by molar-refractivity contribution is 5.88. The molecule has 1 aliphatic heterocycles. The molecule has 36 heavy (non-hydrogen) atoms. The lowest BCUT2D eigenvalue weighted by molar-refractivity contribution is 0.0848. The maximum absolute atomic E-state index is 14.4. The van der Waals surface area contributed by atoms with Gasteiger partial charge in [-0.25, -0.2) is 20.0 Å². The van der Waals surface area contributed by atoms with E-state index in [0.717, 1.165) is 11.1 Å². The van der Waals surface area contributed by atoms with Crippen molar-refractivity contribution in [1.29, 1.82) is 0 Å². The van der Waals surface area contributed by atoms with Crippen molar-refractivity contribution in [2.24, 2.45) is 17.3 Å². The summed E-state index contributed by atoms with van der Waals surface area (Å²) in [6.45, 7) is 7.55. The topological polar surface area (TPSA) is 163 Å². The molecule has 0 spiro atoms. The number of carbonyl (C=O) groups is 1. The Morgan fingerprint density at radius 3 is 2.58 bits per heavy atom. The van der Waals surface area contributed by atoms with E-state index in [4.69, 9.17) is 22.4 Å². The monoisotopic (exact) mass is 498 g/mol. The van der Waals surface area contributed by atoms with Crippen LogP contribution in [0.2, 0.25) is 0 Å². The average molecular weight is 499 g/mol. The first-order valence-corrected chi connectivity index (χ1v) is 11.5. The molecule has 11 heteroatoms. The minimum Gasteiger partial charge on any atom is -0.450 e. The van der Waals surface area contributed by atoms with Crippen LogP contribution in [0.1, 0.15) is 41.7 Å². The number of nitrogens with zero attached hydrogens (tertiary/aromatic N) is 3. The molecule has 0 atom stereocenters. The lowest BCUT2D eigenvalue weighted by Crippen LogP contribution is -2.28. The zero-order valence-corrected chi connectivity index (χ0v) is 20.8. The molecule has 1 aromatic carbocycles. The number of rotatable bonds is 6. The van der Waals surface area contributed by atoms with Crippen molar-refractivity contribution >= 4 is 17.1 Å². The Hall–Kier alpha value is -3.96. The van der Waals surface area contributed by atoms with Crippen molar-refractivity contribution in [3.63, 3.8) is 0 Å². The van der Waals surface area contributed by atoms with Crippen molar-refractivity contribution < 1.29 is 19.0 Å². The maximum atomic E-state index is 14.4. The van der Waals surface area contributed by atoms with Crippen LogP contribution in [0.25, 0.3) is 22.3 Å². The molecule has 192 valence electrons. The quantitative estimate of drug-likeness (QED) is 0.178. The molecule has 0 radical (unpaired) electrons. The van der Waals surface area contributed by atoms with Gasteiger partial charge in [0.1, 0.15) is 12.4 Å². The third-order valence-electron chi connectivity index (χ3n) is 5.91. The predicted molar refractivity (Wildman–Crippen MR) is 135 cm³/mol. The maximum Gasteiger partial charge on any atom is 0.506 e. The summed E-state index contributed by atoms with van der Waals surface area (Å²) in [4.78, 5) is 28.7. The number of aryl methyl sites for hydroxylation is 2. The number of hydrogen-bond acceptors (Lipinski definition) is 8. The van der Waals surface area contributed by atoms with E-state index in [1.165, 1.54) is 21.8 Å². The summed E-state index contributed by atoms with van der Waals surface area (Å²) in [5.41, 5.74) is 15.7. The van der Waals surface area contributed by atoms with Crippen molar-refractivity contribution in [2.75, 3.05) is 6.54 Å². The third kappa shape index (κ3) is 5.02. The first kappa shape index (κ1) is 26.6. The highest BCUT2D eigenvalue weighted by Gasteiger charge is 2.28. The second-order valence-electron chi connectivity index (χ2n) is 8.25. The molecule has 7 N–H and O–H groups in total. The molecule has 0 unspecified atom stereocenters. The summed E-state index contributed by atoms with van der Waals surface area (Å²) in [5.74, 6) is 5.78. The van der Waals surface area contributed by atoms with Crippen molar-refractivity contribution in [3.05, 3.63) is 74.1 Å². The largest absolute Gasteiger partial charge is 0.506 e. The van der Waals surface area contributed by atoms with Gasteiger partial charge in [0.2, 0.25) is 0 Å². The standard InChI is InChI=1S/C23H25FN6O4.C2H6/c1-11-4-20-21-16(9-30(20)22(31)17(11)10-34-23(32)33)15(8-29(27)7-13(26)6-25)14-3-12(2)18(24)5-19(14)28-21;1-2/h3-5,7H,6,8-10,25-27H2,1-2H3,(H,32,33);1-2H3/b13-7-;. The summed E-state index contributed by atoms with van der Waals surface area (Å²) in [5, 5.41) is 10.9. The molecule has 2 aromatic heterocycles. The zero-order valence-electron chi connectivity index (χ0n) is 20.8. The second kappa shape index (κ2) is 10.8. The van der Waals surface area contributed by atoms with Crippen LogP contribution in [0.4, 0.5) is 9.18 Å². The molecule has 0 saturated carbocycles. The van der Waals surface area contributed by atoms with Gasteiger partial charge in [-0.2, -0.15) is 0 Å². The fourth-order valence-electron chi connectivity index (χ4n) is 4.19. The van der Waals surface area contributed by atoms with Crippen molar-refractivity contribution in [1.82, 2.24) is 14.6 Å². The molecule has 3 aromatic rings. The minimum absolute atomic E-state index is 0.133. The highest BCUT2D eigenvalue weighted by Crippen LogP contribution is 2.37. The Morgan fingerprint density at radius 2 is 1.94 bits per heavy atom. The van der Waals surface area contributed by atoms with E-state index in [-0.39, 0.29) is 37.4 Å². The van der Waals surface area contributed by atoms with Gasteiger partial charge in [0.15, 0.2) is 0 Å². The molecular weight excluding hydrogens is 467 g/mol. The van der Waals surface area contributed by atoms with Crippen LogP contribution in [0.15, 0.2) is 34.9 Å². The number of ether oxygens (including phenoxy) is 1. The van der Waals surface area contributed by atoms with Crippen LogP contribution in [0.3, 0.4) is 0 Å². The number of hydrazine groups is 1. The summed E-state index contributed by atoms with van der Waals surface area (Å²) in [6.07, 6.45) is 0.0578. The van der Waals surface area contributed by atoms with E-state index in [1.807, 2.05) is 13.8 Å². The molecule has 3 heterocycles. The summed E-state index contributed by atoms with van der Waals surface area (Å²) >= 11 is 0. The zero-order chi connectivity index (χ0) is 26.7. The van der Waals surface area contributed by atoms with E-state index in [1.54, 1.807) is 26.0 Å². The molecular formula is C25H31FN6O4. The Labute approximate surface area is 207 Å². The van der Waals surface area contributed by atoms with Crippen LogP contribution in [-0.4, -0.2) is 32.4 Å². The SMILES string of the molecule is CC.Cc1cc2c(CN(N)/C=C(\N)CN)c3c(nc2cc1F)-c1cc(C)c(COC(=O)O)c(=O)n1C3. The first-order chi connectivity index (χ1) is 17.1. The van der Waals surface area contributed by atoms with Gasteiger partial charge in [0, 0.05) is 35.5 Å². The minimum atomic E-state index is -1.46. The molecule has 0 bridgehead atoms. The van der Waals surface area contributed by atoms with Gasteiger partial charge in [-0.3, -0.25) is 4.79 Å². The number of carboxylic acid groups (broad SMARTS) is 1.